The summed E-state index contributed by atoms with van der Waals surface area (Å²) >= 11 is 1.65. The molecule has 0 heterocycles. The van der Waals surface area contributed by atoms with Crippen LogP contribution in [0, 0.1) is 6.92 Å². The molecule has 1 aromatic carbocycles. The highest BCUT2D eigenvalue weighted by molar-refractivity contribution is 14.1. The van der Waals surface area contributed by atoms with Crippen LogP contribution in [0.2, 0.25) is 0 Å². The van der Waals surface area contributed by atoms with Gasteiger partial charge in [-0.25, -0.2) is 0 Å². The Morgan fingerprint density at radius 1 is 1.55 bits per heavy atom. The number of phenols is 1. The number of hydrogen-bond acceptors (Lipinski definition) is 2. The Balaban J connectivity index is 3.20. The van der Waals surface area contributed by atoms with Crippen molar-refractivity contribution < 1.29 is 9.90 Å². The van der Waals surface area contributed by atoms with Gasteiger partial charge < -0.3 is 5.11 Å². The van der Waals surface area contributed by atoms with Gasteiger partial charge in [0, 0.05) is 22.6 Å². The van der Waals surface area contributed by atoms with Crippen molar-refractivity contribution in [3.8, 4) is 5.75 Å². The molecule has 11 heavy (non-hydrogen) atoms. The predicted molar refractivity (Wildman–Crippen MR) is 51.2 cm³/mol. The van der Waals surface area contributed by atoms with Crippen molar-refractivity contribution in [2.75, 3.05) is 0 Å². The summed E-state index contributed by atoms with van der Waals surface area (Å²) in [5.74, 6) is 0.0596. The maximum Gasteiger partial charge on any atom is 0.226 e. The van der Waals surface area contributed by atoms with Crippen LogP contribution in [0.15, 0.2) is 18.2 Å². The third kappa shape index (κ3) is 1.92. The summed E-state index contributed by atoms with van der Waals surface area (Å²) in [6.45, 7) is 1.86. The summed E-state index contributed by atoms with van der Waals surface area (Å²) in [5.41, 5.74) is 1.32. The smallest absolute Gasteiger partial charge is 0.226 e. The van der Waals surface area contributed by atoms with Crippen LogP contribution in [-0.2, 0) is 0 Å². The third-order valence-electron chi connectivity index (χ3n) is 1.36. The minimum absolute atomic E-state index is 0.0596. The predicted octanol–water partition coefficient (Wildman–Crippen LogP) is 2.28. The highest BCUT2D eigenvalue weighted by Crippen LogP contribution is 2.20. The molecule has 0 aliphatic carbocycles. The van der Waals surface area contributed by atoms with Crippen molar-refractivity contribution in [3.63, 3.8) is 0 Å². The van der Waals surface area contributed by atoms with Gasteiger partial charge in [0.1, 0.15) is 5.75 Å². The first-order valence-corrected chi connectivity index (χ1v) is 4.18. The van der Waals surface area contributed by atoms with E-state index in [1.807, 2.05) is 6.92 Å². The highest BCUT2D eigenvalue weighted by Gasteiger charge is 2.05. The first kappa shape index (κ1) is 8.52. The van der Waals surface area contributed by atoms with Gasteiger partial charge in [0.05, 0.1) is 5.56 Å². The molecule has 0 amide bonds. The van der Waals surface area contributed by atoms with Crippen molar-refractivity contribution in [2.45, 2.75) is 6.92 Å². The average Bonchev–Trinajstić information content (AvgIpc) is 1.85. The zero-order chi connectivity index (χ0) is 8.43. The zero-order valence-corrected chi connectivity index (χ0v) is 8.12. The van der Waals surface area contributed by atoms with Crippen molar-refractivity contribution in [1.29, 1.82) is 0 Å². The van der Waals surface area contributed by atoms with Crippen LogP contribution in [0.5, 0.6) is 5.75 Å². The summed E-state index contributed by atoms with van der Waals surface area (Å²) in [4.78, 5) is 10.8. The van der Waals surface area contributed by atoms with E-state index in [-0.39, 0.29) is 9.54 Å². The first-order chi connectivity index (χ1) is 5.11. The fourth-order valence-electron chi connectivity index (χ4n) is 0.808. The van der Waals surface area contributed by atoms with E-state index in [0.29, 0.717) is 5.56 Å². The van der Waals surface area contributed by atoms with Gasteiger partial charge >= 0.3 is 0 Å². The Hall–Kier alpha value is -0.580. The molecule has 1 aromatic rings. The molecule has 3 heteroatoms. The first-order valence-electron chi connectivity index (χ1n) is 3.10. The van der Waals surface area contributed by atoms with E-state index in [4.69, 9.17) is 0 Å². The molecule has 0 aliphatic rings. The summed E-state index contributed by atoms with van der Waals surface area (Å²) in [7, 11) is 0. The minimum Gasteiger partial charge on any atom is -0.507 e. The van der Waals surface area contributed by atoms with Crippen LogP contribution in [0.1, 0.15) is 15.9 Å². The van der Waals surface area contributed by atoms with Gasteiger partial charge in [-0.1, -0.05) is 6.07 Å². The molecule has 1 N–H and O–H groups in total. The number of phenolic OH excluding ortho intramolecular Hbond substituents is 1. The standard InChI is InChI=1S/C8H7IO2/c1-5-2-3-6(8(9)11)7(10)4-5/h2-4,10H,1H3. The molecule has 2 nitrogen and oxygen atoms in total. The number of benzene rings is 1. The maximum absolute atomic E-state index is 10.8. The van der Waals surface area contributed by atoms with Crippen LogP contribution < -0.4 is 0 Å². The zero-order valence-electron chi connectivity index (χ0n) is 5.97. The van der Waals surface area contributed by atoms with E-state index in [1.54, 1.807) is 40.8 Å². The fourth-order valence-corrected chi connectivity index (χ4v) is 1.26. The second-order valence-corrected chi connectivity index (χ2v) is 3.27. The second kappa shape index (κ2) is 3.21. The van der Waals surface area contributed by atoms with E-state index in [9.17, 15) is 9.90 Å². The molecule has 0 saturated heterocycles. The monoisotopic (exact) mass is 262 g/mol. The summed E-state index contributed by atoms with van der Waals surface area (Å²) in [5, 5.41) is 9.24. The van der Waals surface area contributed by atoms with E-state index in [0.717, 1.165) is 5.56 Å². The van der Waals surface area contributed by atoms with Gasteiger partial charge in [-0.3, -0.25) is 4.79 Å². The van der Waals surface area contributed by atoms with E-state index >= 15 is 0 Å². The Bertz CT molecular complexity index is 294. The van der Waals surface area contributed by atoms with Gasteiger partial charge in [-0.2, -0.15) is 0 Å². The van der Waals surface area contributed by atoms with Crippen LogP contribution in [0.4, 0.5) is 0 Å². The highest BCUT2D eigenvalue weighted by atomic mass is 127. The van der Waals surface area contributed by atoms with Gasteiger partial charge in [-0.05, 0) is 24.6 Å². The molecule has 0 saturated carbocycles. The summed E-state index contributed by atoms with van der Waals surface area (Å²) in [6, 6.07) is 5.00. The van der Waals surface area contributed by atoms with Gasteiger partial charge in [-0.15, -0.1) is 0 Å². The van der Waals surface area contributed by atoms with Crippen LogP contribution in [-0.4, -0.2) is 8.90 Å². The average molecular weight is 262 g/mol. The summed E-state index contributed by atoms with van der Waals surface area (Å²) < 4.78 is -0.139. The number of rotatable bonds is 1. The van der Waals surface area contributed by atoms with Crippen molar-refractivity contribution >= 4 is 26.4 Å². The van der Waals surface area contributed by atoms with Crippen LogP contribution in [0.25, 0.3) is 0 Å². The van der Waals surface area contributed by atoms with Crippen LogP contribution >= 0.6 is 22.6 Å². The Labute approximate surface area is 78.4 Å². The molecule has 0 fully saturated rings. The molecule has 0 unspecified atom stereocenters. The normalized spacial score (nSPS) is 9.64. The molecular weight excluding hydrogens is 255 g/mol. The van der Waals surface area contributed by atoms with Crippen molar-refractivity contribution in [3.05, 3.63) is 29.3 Å². The Kier molecular flexibility index (Phi) is 2.49. The van der Waals surface area contributed by atoms with Crippen molar-refractivity contribution in [2.24, 2.45) is 0 Å². The Morgan fingerprint density at radius 2 is 2.18 bits per heavy atom. The topological polar surface area (TPSA) is 37.3 Å². The van der Waals surface area contributed by atoms with Gasteiger partial charge in [0.25, 0.3) is 0 Å². The number of aromatic hydroxyl groups is 1. The van der Waals surface area contributed by atoms with Gasteiger partial charge in [0.2, 0.25) is 3.79 Å². The van der Waals surface area contributed by atoms with Crippen molar-refractivity contribution in [1.82, 2.24) is 0 Å². The van der Waals surface area contributed by atoms with Crippen LogP contribution in [0.3, 0.4) is 0 Å². The maximum atomic E-state index is 10.8. The molecular formula is C8H7IO2. The molecule has 0 radical (unpaired) electrons. The fraction of sp³-hybridized carbons (Fsp3) is 0.125. The Morgan fingerprint density at radius 3 is 2.64 bits per heavy atom. The largest absolute Gasteiger partial charge is 0.507 e. The SMILES string of the molecule is Cc1ccc(C(=O)I)c(O)c1. The molecule has 1 rings (SSSR count). The van der Waals surface area contributed by atoms with E-state index < -0.39 is 0 Å². The van der Waals surface area contributed by atoms with Gasteiger partial charge in [0.15, 0.2) is 0 Å². The lowest BCUT2D eigenvalue weighted by Gasteiger charge is -1.99. The lowest BCUT2D eigenvalue weighted by atomic mass is 10.1. The molecule has 0 bridgehead atoms. The molecule has 0 atom stereocenters. The summed E-state index contributed by atoms with van der Waals surface area (Å²) in [6.07, 6.45) is 0. The lowest BCUT2D eigenvalue weighted by Crippen LogP contribution is -1.88. The number of carbonyl (C=O) groups excluding carboxylic acids is 1. The number of hydrogen-bond donors (Lipinski definition) is 1. The molecule has 0 aliphatic heterocycles. The lowest BCUT2D eigenvalue weighted by molar-refractivity contribution is 0.110. The van der Waals surface area contributed by atoms with E-state index in [2.05, 4.69) is 0 Å². The second-order valence-electron chi connectivity index (χ2n) is 2.29. The number of carbonyl (C=O) groups is 1. The quantitative estimate of drug-likeness (QED) is 0.622. The number of halogens is 1. The number of aryl methyl sites for hydroxylation is 1. The molecule has 58 valence electrons. The third-order valence-corrected chi connectivity index (χ3v) is 1.95. The molecule has 0 aromatic heterocycles. The van der Waals surface area contributed by atoms with E-state index in [1.165, 1.54) is 0 Å². The molecule has 0 spiro atoms. The minimum atomic E-state index is -0.139.